The van der Waals surface area contributed by atoms with E-state index in [1.807, 2.05) is 0 Å². The van der Waals surface area contributed by atoms with Crippen LogP contribution in [-0.2, 0) is 10.8 Å². The molecule has 2 spiro atoms. The molecule has 2 heterocycles. The summed E-state index contributed by atoms with van der Waals surface area (Å²) in [6.07, 6.45) is 10.8. The lowest BCUT2D eigenvalue weighted by molar-refractivity contribution is 0.327. The minimum Gasteiger partial charge on any atom is -0.311 e. The van der Waals surface area contributed by atoms with Crippen molar-refractivity contribution in [3.63, 3.8) is 0 Å². The van der Waals surface area contributed by atoms with Crippen LogP contribution >= 0.6 is 0 Å². The molecule has 0 radical (unpaired) electrons. The molecule has 6 aliphatic carbocycles. The number of fused-ring (bicyclic) bond motifs is 21. The summed E-state index contributed by atoms with van der Waals surface area (Å²) < 4.78 is 0. The highest BCUT2D eigenvalue weighted by atomic mass is 15.2. The third kappa shape index (κ3) is 3.75. The van der Waals surface area contributed by atoms with Crippen molar-refractivity contribution in [2.24, 2.45) is 23.7 Å². The van der Waals surface area contributed by atoms with Crippen LogP contribution in [0.3, 0.4) is 0 Å². The molecule has 7 aromatic rings. The van der Waals surface area contributed by atoms with E-state index in [0.29, 0.717) is 5.92 Å². The third-order valence-electron chi connectivity index (χ3n) is 17.4. The number of benzene rings is 7. The minimum atomic E-state index is 0.0805. The van der Waals surface area contributed by atoms with Gasteiger partial charge in [0.2, 0.25) is 0 Å². The predicted molar refractivity (Wildman–Crippen MR) is 244 cm³/mol. The van der Waals surface area contributed by atoms with Gasteiger partial charge in [-0.25, -0.2) is 0 Å². The first-order valence-electron chi connectivity index (χ1n) is 22.6. The van der Waals surface area contributed by atoms with Gasteiger partial charge in [-0.2, -0.15) is 0 Å². The Bertz CT molecular complexity index is 2970. The van der Waals surface area contributed by atoms with E-state index >= 15 is 0 Å². The van der Waals surface area contributed by atoms with Crippen molar-refractivity contribution in [1.29, 1.82) is 0 Å². The molecule has 8 aliphatic rings. The number of rotatable bonds is 2. The van der Waals surface area contributed by atoms with Crippen LogP contribution in [-0.4, -0.2) is 6.71 Å². The maximum atomic E-state index is 2.73. The zero-order chi connectivity index (χ0) is 38.2. The van der Waals surface area contributed by atoms with Crippen molar-refractivity contribution in [1.82, 2.24) is 0 Å². The quantitative estimate of drug-likeness (QED) is 0.162. The standard InChI is InChI=1S/C56H45BN2/c1-3-12-38(13-4-1)58-48-20-11-21-49-53(48)57(54-50(58)27-26-45-52(54)41-17-8-10-19-44(41)55(45)32-34-22-24-36(55)28-34)47-30-42-40-16-7-9-18-43(40)56(33-35-23-25-37(56)29-35)46(42)31-51(47)59(49)39-14-5-2-6-15-39/h1-21,26-27,30-31,34-37H,22-25,28-29,32-33H2/t34?,35-,36?,37?,55-,56+/m0/s1. The Hall–Kier alpha value is -5.80. The van der Waals surface area contributed by atoms with Crippen molar-refractivity contribution < 1.29 is 0 Å². The first-order chi connectivity index (χ1) is 29.2. The molecule has 59 heavy (non-hydrogen) atoms. The Morgan fingerprint density at radius 3 is 1.61 bits per heavy atom. The molecule has 4 bridgehead atoms. The van der Waals surface area contributed by atoms with Gasteiger partial charge < -0.3 is 9.80 Å². The molecule has 0 N–H and O–H groups in total. The molecule has 4 fully saturated rings. The average molecular weight is 757 g/mol. The van der Waals surface area contributed by atoms with E-state index in [2.05, 4.69) is 161 Å². The molecule has 3 heteroatoms. The van der Waals surface area contributed by atoms with Crippen molar-refractivity contribution in [3.8, 4) is 22.3 Å². The van der Waals surface area contributed by atoms with Gasteiger partial charge >= 0.3 is 0 Å². The van der Waals surface area contributed by atoms with Gasteiger partial charge in [0.1, 0.15) is 0 Å². The molecule has 0 amide bonds. The Balaban J connectivity index is 1.08. The summed E-state index contributed by atoms with van der Waals surface area (Å²) in [5.74, 6) is 3.10. The van der Waals surface area contributed by atoms with Crippen molar-refractivity contribution in [2.45, 2.75) is 62.2 Å². The summed E-state index contributed by atoms with van der Waals surface area (Å²) in [6.45, 7) is 0.0805. The van der Waals surface area contributed by atoms with Crippen molar-refractivity contribution >= 4 is 57.2 Å². The average Bonchev–Trinajstić information content (AvgIpc) is 4.17. The molecule has 2 nitrogen and oxygen atoms in total. The molecule has 282 valence electrons. The summed E-state index contributed by atoms with van der Waals surface area (Å²) in [5, 5.41) is 0. The Morgan fingerprint density at radius 2 is 0.983 bits per heavy atom. The Labute approximate surface area is 347 Å². The Kier molecular flexibility index (Phi) is 6.02. The molecule has 7 aromatic carbocycles. The maximum absolute atomic E-state index is 2.73. The van der Waals surface area contributed by atoms with Gasteiger partial charge in [-0.1, -0.05) is 116 Å². The maximum Gasteiger partial charge on any atom is 0.252 e. The lowest BCUT2D eigenvalue weighted by atomic mass is 9.32. The highest BCUT2D eigenvalue weighted by Crippen LogP contribution is 2.68. The lowest BCUT2D eigenvalue weighted by Gasteiger charge is -2.46. The van der Waals surface area contributed by atoms with E-state index in [9.17, 15) is 0 Å². The fraction of sp³-hybridized carbons (Fsp3) is 0.250. The summed E-state index contributed by atoms with van der Waals surface area (Å²) in [6, 6.07) is 59.4. The van der Waals surface area contributed by atoms with Crippen LogP contribution in [0.25, 0.3) is 22.3 Å². The molecule has 0 aromatic heterocycles. The molecular weight excluding hydrogens is 711 g/mol. The molecule has 15 rings (SSSR count). The topological polar surface area (TPSA) is 6.48 Å². The van der Waals surface area contributed by atoms with Crippen molar-refractivity contribution in [2.75, 3.05) is 9.80 Å². The van der Waals surface area contributed by atoms with Crippen LogP contribution in [0.1, 0.15) is 73.6 Å². The predicted octanol–water partition coefficient (Wildman–Crippen LogP) is 11.9. The number of hydrogen-bond donors (Lipinski definition) is 0. The van der Waals surface area contributed by atoms with Crippen LogP contribution in [0.2, 0.25) is 0 Å². The van der Waals surface area contributed by atoms with E-state index in [0.717, 1.165) is 17.8 Å². The summed E-state index contributed by atoms with van der Waals surface area (Å²) in [5.41, 5.74) is 24.8. The minimum absolute atomic E-state index is 0.0805. The molecule has 2 aliphatic heterocycles. The van der Waals surface area contributed by atoms with Gasteiger partial charge in [0.05, 0.1) is 0 Å². The van der Waals surface area contributed by atoms with Crippen LogP contribution in [0.4, 0.5) is 34.1 Å². The van der Waals surface area contributed by atoms with Crippen LogP contribution in [0, 0.1) is 23.7 Å². The van der Waals surface area contributed by atoms with Gasteiger partial charge in [-0.3, -0.25) is 0 Å². The fourth-order valence-corrected chi connectivity index (χ4v) is 15.5. The largest absolute Gasteiger partial charge is 0.311 e. The van der Waals surface area contributed by atoms with Gasteiger partial charge in [-0.05, 0) is 172 Å². The smallest absolute Gasteiger partial charge is 0.252 e. The highest BCUT2D eigenvalue weighted by Gasteiger charge is 2.60. The van der Waals surface area contributed by atoms with E-state index in [1.54, 1.807) is 22.3 Å². The fourth-order valence-electron chi connectivity index (χ4n) is 15.5. The molecule has 3 unspecified atom stereocenters. The van der Waals surface area contributed by atoms with Crippen molar-refractivity contribution in [3.05, 3.63) is 174 Å². The number of para-hydroxylation sites is 2. The summed E-state index contributed by atoms with van der Waals surface area (Å²) in [4.78, 5) is 5.26. The van der Waals surface area contributed by atoms with Crippen LogP contribution in [0.15, 0.2) is 152 Å². The number of hydrogen-bond acceptors (Lipinski definition) is 2. The zero-order valence-electron chi connectivity index (χ0n) is 33.4. The highest BCUT2D eigenvalue weighted by molar-refractivity contribution is 7.01. The number of anilines is 6. The molecule has 4 saturated carbocycles. The SMILES string of the molecule is c1ccc(N2c3cc4c(cc3B3c5c2cccc5N(c2ccccc2)c2ccc5c(c23)-c2ccccc2[C@@]52CC3CCC2C3)-c2ccccc2[C@]42C[C@H]3CCC2C3)cc1. The van der Waals surface area contributed by atoms with E-state index in [1.165, 1.54) is 124 Å². The second-order valence-electron chi connectivity index (χ2n) is 19.6. The molecular formula is C56H45BN2. The first kappa shape index (κ1) is 32.1. The van der Waals surface area contributed by atoms with Gasteiger partial charge in [0, 0.05) is 45.0 Å². The molecule has 0 saturated heterocycles. The summed E-state index contributed by atoms with van der Waals surface area (Å²) >= 11 is 0. The Morgan fingerprint density at radius 1 is 0.424 bits per heavy atom. The van der Waals surface area contributed by atoms with Gasteiger partial charge in [0.25, 0.3) is 6.71 Å². The zero-order valence-corrected chi connectivity index (χ0v) is 33.4. The first-order valence-corrected chi connectivity index (χ1v) is 22.6. The van der Waals surface area contributed by atoms with Crippen LogP contribution in [0.5, 0.6) is 0 Å². The second-order valence-corrected chi connectivity index (χ2v) is 19.6. The van der Waals surface area contributed by atoms with Gasteiger partial charge in [-0.15, -0.1) is 0 Å². The van der Waals surface area contributed by atoms with E-state index in [-0.39, 0.29) is 17.5 Å². The van der Waals surface area contributed by atoms with Gasteiger partial charge in [0.15, 0.2) is 0 Å². The van der Waals surface area contributed by atoms with Crippen LogP contribution < -0.4 is 26.2 Å². The lowest BCUT2D eigenvalue weighted by Crippen LogP contribution is -2.62. The summed E-state index contributed by atoms with van der Waals surface area (Å²) in [7, 11) is 0. The monoisotopic (exact) mass is 756 g/mol. The molecule has 6 atom stereocenters. The normalized spacial score (nSPS) is 27.5. The second kappa shape index (κ2) is 11.1. The third-order valence-corrected chi connectivity index (χ3v) is 17.4. The van der Waals surface area contributed by atoms with E-state index < -0.39 is 0 Å². The number of nitrogens with zero attached hydrogens (tertiary/aromatic N) is 2. The van der Waals surface area contributed by atoms with E-state index in [4.69, 9.17) is 0 Å².